The van der Waals surface area contributed by atoms with Crippen LogP contribution in [0.15, 0.2) is 43.0 Å². The Labute approximate surface area is 128 Å². The minimum Gasteiger partial charge on any atom is -0.468 e. The number of carbonyl (C=O) groups is 2. The molecule has 0 bridgehead atoms. The van der Waals surface area contributed by atoms with Gasteiger partial charge in [0.2, 0.25) is 6.23 Å². The lowest BCUT2D eigenvalue weighted by Crippen LogP contribution is -2.49. The predicted molar refractivity (Wildman–Crippen MR) is 78.2 cm³/mol. The smallest absolute Gasteiger partial charge is 0.410 e. The monoisotopic (exact) mass is 309 g/mol. The average molecular weight is 309 g/mol. The number of aliphatic hydroxyl groups is 1. The van der Waals surface area contributed by atoms with Gasteiger partial charge in [0.25, 0.3) is 0 Å². The first-order valence-electron chi connectivity index (χ1n) is 6.69. The standard InChI is InChI=1S/C15H19NO6/c1-3-13(18)21-10-12(17)14(16-15(19)20-4-2)22-11-8-6-5-7-9-11/h3,5-9,12,14,17H,1,4,10H2,2H3,(H,16,19). The molecule has 7 nitrogen and oxygen atoms in total. The van der Waals surface area contributed by atoms with E-state index in [0.717, 1.165) is 6.08 Å². The number of benzene rings is 1. The fraction of sp³-hybridized carbons (Fsp3) is 0.333. The van der Waals surface area contributed by atoms with Gasteiger partial charge in [0.15, 0.2) is 0 Å². The molecular formula is C15H19NO6. The fourth-order valence-electron chi connectivity index (χ4n) is 1.45. The first kappa shape index (κ1) is 17.5. The number of hydrogen-bond acceptors (Lipinski definition) is 6. The van der Waals surface area contributed by atoms with Crippen molar-refractivity contribution < 1.29 is 28.9 Å². The number of aliphatic hydroxyl groups excluding tert-OH is 1. The lowest BCUT2D eigenvalue weighted by Gasteiger charge is -2.24. The number of para-hydroxylation sites is 1. The first-order valence-corrected chi connectivity index (χ1v) is 6.69. The summed E-state index contributed by atoms with van der Waals surface area (Å²) in [5.41, 5.74) is 0. The van der Waals surface area contributed by atoms with Crippen molar-refractivity contribution in [3.63, 3.8) is 0 Å². The normalized spacial score (nSPS) is 12.6. The molecule has 0 heterocycles. The Hall–Kier alpha value is -2.54. The summed E-state index contributed by atoms with van der Waals surface area (Å²) in [6, 6.07) is 8.58. The van der Waals surface area contributed by atoms with Crippen LogP contribution in [-0.2, 0) is 14.3 Å². The molecule has 1 amide bonds. The van der Waals surface area contributed by atoms with Crippen LogP contribution >= 0.6 is 0 Å². The van der Waals surface area contributed by atoms with Crippen molar-refractivity contribution in [1.29, 1.82) is 0 Å². The van der Waals surface area contributed by atoms with Crippen molar-refractivity contribution >= 4 is 12.1 Å². The molecule has 0 radical (unpaired) electrons. The maximum atomic E-state index is 11.5. The topological polar surface area (TPSA) is 94.1 Å². The van der Waals surface area contributed by atoms with Crippen LogP contribution in [0, 0.1) is 0 Å². The van der Waals surface area contributed by atoms with E-state index in [2.05, 4.69) is 11.9 Å². The molecule has 1 aromatic rings. The summed E-state index contributed by atoms with van der Waals surface area (Å²) < 4.78 is 15.0. The lowest BCUT2D eigenvalue weighted by atomic mass is 10.3. The van der Waals surface area contributed by atoms with Gasteiger partial charge in [-0.15, -0.1) is 0 Å². The molecule has 0 spiro atoms. The van der Waals surface area contributed by atoms with Crippen LogP contribution in [-0.4, -0.2) is 42.7 Å². The molecule has 22 heavy (non-hydrogen) atoms. The summed E-state index contributed by atoms with van der Waals surface area (Å²) in [4.78, 5) is 22.5. The van der Waals surface area contributed by atoms with Gasteiger partial charge in [-0.3, -0.25) is 5.32 Å². The molecule has 0 aliphatic carbocycles. The molecule has 0 saturated carbocycles. The molecule has 0 aliphatic heterocycles. The van der Waals surface area contributed by atoms with Crippen LogP contribution < -0.4 is 10.1 Å². The Bertz CT molecular complexity index is 490. The van der Waals surface area contributed by atoms with Crippen LogP contribution in [0.4, 0.5) is 4.79 Å². The number of carbonyl (C=O) groups excluding carboxylic acids is 2. The Morgan fingerprint density at radius 3 is 2.59 bits per heavy atom. The van der Waals surface area contributed by atoms with Gasteiger partial charge in [-0.05, 0) is 19.1 Å². The van der Waals surface area contributed by atoms with Gasteiger partial charge in [0.1, 0.15) is 18.5 Å². The average Bonchev–Trinajstić information content (AvgIpc) is 2.52. The van der Waals surface area contributed by atoms with Gasteiger partial charge in [-0.2, -0.15) is 0 Å². The number of hydrogen-bond donors (Lipinski definition) is 2. The van der Waals surface area contributed by atoms with Crippen LogP contribution in [0.25, 0.3) is 0 Å². The van der Waals surface area contributed by atoms with Gasteiger partial charge < -0.3 is 19.3 Å². The molecule has 1 aromatic carbocycles. The maximum absolute atomic E-state index is 11.5. The van der Waals surface area contributed by atoms with E-state index in [4.69, 9.17) is 14.2 Å². The molecular weight excluding hydrogens is 290 g/mol. The summed E-state index contributed by atoms with van der Waals surface area (Å²) in [5, 5.41) is 12.4. The Balaban J connectivity index is 2.69. The lowest BCUT2D eigenvalue weighted by molar-refractivity contribution is -0.142. The van der Waals surface area contributed by atoms with E-state index in [1.807, 2.05) is 0 Å². The molecule has 2 atom stereocenters. The second-order valence-electron chi connectivity index (χ2n) is 4.12. The molecule has 0 saturated heterocycles. The Kier molecular flexibility index (Phi) is 7.49. The molecule has 0 fully saturated rings. The number of amides is 1. The highest BCUT2D eigenvalue weighted by molar-refractivity contribution is 5.81. The van der Waals surface area contributed by atoms with Gasteiger partial charge in [-0.25, -0.2) is 9.59 Å². The molecule has 0 aromatic heterocycles. The van der Waals surface area contributed by atoms with Crippen molar-refractivity contribution in [3.05, 3.63) is 43.0 Å². The number of rotatable bonds is 8. The quantitative estimate of drug-likeness (QED) is 0.426. The predicted octanol–water partition coefficient (Wildman–Crippen LogP) is 1.23. The molecule has 2 N–H and O–H groups in total. The largest absolute Gasteiger partial charge is 0.468 e. The maximum Gasteiger partial charge on any atom is 0.410 e. The molecule has 120 valence electrons. The molecule has 0 aliphatic rings. The summed E-state index contributed by atoms with van der Waals surface area (Å²) in [5.74, 6) is -0.257. The SMILES string of the molecule is C=CC(=O)OCC(O)C(NC(=O)OCC)Oc1ccccc1. The van der Waals surface area contributed by atoms with Crippen molar-refractivity contribution in [1.82, 2.24) is 5.32 Å². The van der Waals surface area contributed by atoms with Crippen molar-refractivity contribution in [2.24, 2.45) is 0 Å². The molecule has 1 rings (SSSR count). The zero-order chi connectivity index (χ0) is 16.4. The van der Waals surface area contributed by atoms with E-state index < -0.39 is 24.4 Å². The van der Waals surface area contributed by atoms with E-state index in [-0.39, 0.29) is 13.2 Å². The summed E-state index contributed by atoms with van der Waals surface area (Å²) in [6.45, 7) is 4.70. The van der Waals surface area contributed by atoms with E-state index in [1.54, 1.807) is 37.3 Å². The number of alkyl carbamates (subject to hydrolysis) is 1. The van der Waals surface area contributed by atoms with Gasteiger partial charge in [0.05, 0.1) is 6.61 Å². The van der Waals surface area contributed by atoms with E-state index in [0.29, 0.717) is 5.75 Å². The van der Waals surface area contributed by atoms with E-state index >= 15 is 0 Å². The molecule has 2 unspecified atom stereocenters. The fourth-order valence-corrected chi connectivity index (χ4v) is 1.45. The van der Waals surface area contributed by atoms with Crippen LogP contribution in [0.5, 0.6) is 5.75 Å². The van der Waals surface area contributed by atoms with Crippen molar-refractivity contribution in [3.8, 4) is 5.75 Å². The van der Waals surface area contributed by atoms with Crippen molar-refractivity contribution in [2.75, 3.05) is 13.2 Å². The highest BCUT2D eigenvalue weighted by Crippen LogP contribution is 2.12. The Morgan fingerprint density at radius 1 is 1.32 bits per heavy atom. The van der Waals surface area contributed by atoms with Gasteiger partial charge in [-0.1, -0.05) is 24.8 Å². The third-order valence-electron chi connectivity index (χ3n) is 2.45. The second-order valence-corrected chi connectivity index (χ2v) is 4.12. The van der Waals surface area contributed by atoms with Crippen LogP contribution in [0.1, 0.15) is 6.92 Å². The zero-order valence-corrected chi connectivity index (χ0v) is 12.2. The zero-order valence-electron chi connectivity index (χ0n) is 12.2. The number of esters is 1. The van der Waals surface area contributed by atoms with E-state index in [1.165, 1.54) is 0 Å². The van der Waals surface area contributed by atoms with Crippen LogP contribution in [0.2, 0.25) is 0 Å². The third-order valence-corrected chi connectivity index (χ3v) is 2.45. The summed E-state index contributed by atoms with van der Waals surface area (Å²) in [7, 11) is 0. The van der Waals surface area contributed by atoms with Crippen LogP contribution in [0.3, 0.4) is 0 Å². The van der Waals surface area contributed by atoms with Gasteiger partial charge >= 0.3 is 12.1 Å². The molecule has 7 heteroatoms. The highest BCUT2D eigenvalue weighted by Gasteiger charge is 2.25. The third kappa shape index (κ3) is 6.27. The van der Waals surface area contributed by atoms with Crippen molar-refractivity contribution in [2.45, 2.75) is 19.3 Å². The minimum atomic E-state index is -1.28. The van der Waals surface area contributed by atoms with E-state index in [9.17, 15) is 14.7 Å². The summed E-state index contributed by atoms with van der Waals surface area (Å²) >= 11 is 0. The number of nitrogens with one attached hydrogen (secondary N) is 1. The minimum absolute atomic E-state index is 0.172. The van der Waals surface area contributed by atoms with Gasteiger partial charge in [0, 0.05) is 6.08 Å². The Morgan fingerprint density at radius 2 is 2.00 bits per heavy atom. The first-order chi connectivity index (χ1) is 10.6. The number of ether oxygens (including phenoxy) is 3. The second kappa shape index (κ2) is 9.41. The highest BCUT2D eigenvalue weighted by atomic mass is 16.6. The summed E-state index contributed by atoms with van der Waals surface area (Å²) in [6.07, 6.45) is -2.21.